The molecule has 0 bridgehead atoms. The summed E-state index contributed by atoms with van der Waals surface area (Å²) in [7, 11) is 0. The predicted octanol–water partition coefficient (Wildman–Crippen LogP) is 3.68. The third-order valence-electron chi connectivity index (χ3n) is 3.11. The van der Waals surface area contributed by atoms with Crippen molar-refractivity contribution in [3.05, 3.63) is 52.4 Å². The van der Waals surface area contributed by atoms with E-state index in [1.54, 1.807) is 6.20 Å². The average molecular weight is 331 g/mol. The van der Waals surface area contributed by atoms with E-state index in [-0.39, 0.29) is 0 Å². The minimum absolute atomic E-state index is 0.854. The van der Waals surface area contributed by atoms with E-state index < -0.39 is 0 Å². The number of benzene rings is 1. The fraction of sp³-hybridized carbons (Fsp3) is 0.200. The quantitative estimate of drug-likeness (QED) is 0.767. The van der Waals surface area contributed by atoms with Crippen molar-refractivity contribution in [2.75, 3.05) is 11.9 Å². The molecule has 20 heavy (non-hydrogen) atoms. The number of pyridine rings is 1. The Labute approximate surface area is 125 Å². The molecule has 4 nitrogen and oxygen atoms in total. The lowest BCUT2D eigenvalue weighted by Crippen LogP contribution is -2.05. The zero-order chi connectivity index (χ0) is 13.9. The Balaban J connectivity index is 1.63. The molecule has 1 aromatic carbocycles. The zero-order valence-electron chi connectivity index (χ0n) is 11.2. The van der Waals surface area contributed by atoms with Gasteiger partial charge in [0.1, 0.15) is 11.6 Å². The molecule has 0 radical (unpaired) electrons. The molecule has 0 aliphatic rings. The lowest BCUT2D eigenvalue weighted by Gasteiger charge is -2.05. The van der Waals surface area contributed by atoms with Crippen molar-refractivity contribution in [1.29, 1.82) is 0 Å². The van der Waals surface area contributed by atoms with Gasteiger partial charge in [-0.25, -0.2) is 9.97 Å². The minimum atomic E-state index is 0.854. The number of H-pyrrole nitrogens is 1. The van der Waals surface area contributed by atoms with Gasteiger partial charge in [-0.05, 0) is 59.1 Å². The van der Waals surface area contributed by atoms with Crippen molar-refractivity contribution in [3.63, 3.8) is 0 Å². The van der Waals surface area contributed by atoms with Crippen LogP contribution in [0, 0.1) is 6.92 Å². The van der Waals surface area contributed by atoms with Gasteiger partial charge in [-0.3, -0.25) is 0 Å². The molecule has 0 saturated heterocycles. The van der Waals surface area contributed by atoms with Crippen molar-refractivity contribution in [1.82, 2.24) is 15.0 Å². The highest BCUT2D eigenvalue weighted by molar-refractivity contribution is 9.10. The lowest BCUT2D eigenvalue weighted by atomic mass is 10.1. The van der Waals surface area contributed by atoms with Crippen molar-refractivity contribution in [2.45, 2.75) is 13.3 Å². The molecular weight excluding hydrogens is 316 g/mol. The smallest absolute Gasteiger partial charge is 0.125 e. The number of fused-ring (bicyclic) bond motifs is 1. The van der Waals surface area contributed by atoms with Gasteiger partial charge in [0, 0.05) is 17.2 Å². The van der Waals surface area contributed by atoms with Crippen LogP contribution < -0.4 is 5.32 Å². The molecule has 2 N–H and O–H groups in total. The van der Waals surface area contributed by atoms with Gasteiger partial charge in [0.25, 0.3) is 0 Å². The number of aromatic amines is 1. The molecule has 2 heterocycles. The first kappa shape index (κ1) is 13.1. The molecular formula is C15H15BrN4. The predicted molar refractivity (Wildman–Crippen MR) is 85.0 cm³/mol. The number of rotatable bonds is 4. The summed E-state index contributed by atoms with van der Waals surface area (Å²) in [6.07, 6.45) is 2.74. The first-order valence-corrected chi connectivity index (χ1v) is 7.31. The standard InChI is InChI=1S/C15H15BrN4/c1-10-19-13-4-2-11(8-14(13)20-10)6-7-17-15-5-3-12(16)9-18-15/h2-5,8-9H,6-7H2,1H3,(H,17,18)(H,19,20). The number of halogens is 1. The molecule has 0 atom stereocenters. The molecule has 0 unspecified atom stereocenters. The molecule has 3 aromatic rings. The van der Waals surface area contributed by atoms with Gasteiger partial charge in [-0.2, -0.15) is 0 Å². The SMILES string of the molecule is Cc1nc2ccc(CCNc3ccc(Br)cn3)cc2[nH]1. The summed E-state index contributed by atoms with van der Waals surface area (Å²) < 4.78 is 0.989. The Morgan fingerprint density at radius 3 is 2.95 bits per heavy atom. The Morgan fingerprint density at radius 2 is 2.15 bits per heavy atom. The van der Waals surface area contributed by atoms with E-state index in [4.69, 9.17) is 0 Å². The second-order valence-electron chi connectivity index (χ2n) is 4.71. The molecule has 5 heteroatoms. The topological polar surface area (TPSA) is 53.6 Å². The van der Waals surface area contributed by atoms with Crippen molar-refractivity contribution >= 4 is 32.8 Å². The maximum Gasteiger partial charge on any atom is 0.125 e. The van der Waals surface area contributed by atoms with Gasteiger partial charge < -0.3 is 10.3 Å². The number of hydrogen-bond donors (Lipinski definition) is 2. The maximum absolute atomic E-state index is 4.40. The average Bonchev–Trinajstić information content (AvgIpc) is 2.80. The van der Waals surface area contributed by atoms with E-state index in [1.807, 2.05) is 19.1 Å². The van der Waals surface area contributed by atoms with Crippen LogP contribution in [0.2, 0.25) is 0 Å². The Hall–Kier alpha value is -1.88. The van der Waals surface area contributed by atoms with Gasteiger partial charge in [-0.1, -0.05) is 6.07 Å². The van der Waals surface area contributed by atoms with E-state index in [9.17, 15) is 0 Å². The highest BCUT2D eigenvalue weighted by atomic mass is 79.9. The number of aromatic nitrogens is 3. The molecule has 0 fully saturated rings. The van der Waals surface area contributed by atoms with Crippen LogP contribution in [-0.4, -0.2) is 21.5 Å². The van der Waals surface area contributed by atoms with Crippen molar-refractivity contribution in [3.8, 4) is 0 Å². The van der Waals surface area contributed by atoms with E-state index >= 15 is 0 Å². The van der Waals surface area contributed by atoms with E-state index in [2.05, 4.69) is 54.4 Å². The highest BCUT2D eigenvalue weighted by Gasteiger charge is 2.01. The van der Waals surface area contributed by atoms with Gasteiger partial charge in [0.05, 0.1) is 11.0 Å². The fourth-order valence-corrected chi connectivity index (χ4v) is 2.39. The Morgan fingerprint density at radius 1 is 1.25 bits per heavy atom. The largest absolute Gasteiger partial charge is 0.370 e. The Bertz CT molecular complexity index is 718. The summed E-state index contributed by atoms with van der Waals surface area (Å²) in [6, 6.07) is 10.3. The molecule has 0 amide bonds. The summed E-state index contributed by atoms with van der Waals surface area (Å²) in [5.41, 5.74) is 3.40. The minimum Gasteiger partial charge on any atom is -0.370 e. The van der Waals surface area contributed by atoms with Crippen LogP contribution in [0.1, 0.15) is 11.4 Å². The van der Waals surface area contributed by atoms with E-state index in [0.29, 0.717) is 0 Å². The molecule has 0 spiro atoms. The normalized spacial score (nSPS) is 10.9. The summed E-state index contributed by atoms with van der Waals surface area (Å²) in [4.78, 5) is 12.0. The van der Waals surface area contributed by atoms with Crippen LogP contribution in [-0.2, 0) is 6.42 Å². The number of nitrogens with one attached hydrogen (secondary N) is 2. The molecule has 102 valence electrons. The number of aryl methyl sites for hydroxylation is 1. The summed E-state index contributed by atoms with van der Waals surface area (Å²) in [6.45, 7) is 2.83. The van der Waals surface area contributed by atoms with Crippen LogP contribution >= 0.6 is 15.9 Å². The van der Waals surface area contributed by atoms with Crippen LogP contribution in [0.3, 0.4) is 0 Å². The molecule has 0 aliphatic heterocycles. The van der Waals surface area contributed by atoms with Crippen molar-refractivity contribution < 1.29 is 0 Å². The Kier molecular flexibility index (Phi) is 3.69. The fourth-order valence-electron chi connectivity index (χ4n) is 2.16. The van der Waals surface area contributed by atoms with Gasteiger partial charge in [0.2, 0.25) is 0 Å². The van der Waals surface area contributed by atoms with Crippen molar-refractivity contribution in [2.24, 2.45) is 0 Å². The van der Waals surface area contributed by atoms with Crippen LogP contribution in [0.25, 0.3) is 11.0 Å². The third kappa shape index (κ3) is 2.99. The van der Waals surface area contributed by atoms with Gasteiger partial charge in [0.15, 0.2) is 0 Å². The lowest BCUT2D eigenvalue weighted by molar-refractivity contribution is 1.01. The molecule has 0 saturated carbocycles. The van der Waals surface area contributed by atoms with E-state index in [0.717, 1.165) is 40.1 Å². The maximum atomic E-state index is 4.40. The van der Waals surface area contributed by atoms with Crippen LogP contribution in [0.15, 0.2) is 41.0 Å². The summed E-state index contributed by atoms with van der Waals surface area (Å²) in [5.74, 6) is 1.85. The van der Waals surface area contributed by atoms with Gasteiger partial charge in [-0.15, -0.1) is 0 Å². The van der Waals surface area contributed by atoms with Crippen LogP contribution in [0.4, 0.5) is 5.82 Å². The first-order chi connectivity index (χ1) is 9.70. The number of anilines is 1. The van der Waals surface area contributed by atoms with E-state index in [1.165, 1.54) is 5.56 Å². The molecule has 3 rings (SSSR count). The number of hydrogen-bond acceptors (Lipinski definition) is 3. The second-order valence-corrected chi connectivity index (χ2v) is 5.63. The first-order valence-electron chi connectivity index (χ1n) is 6.51. The molecule has 2 aromatic heterocycles. The third-order valence-corrected chi connectivity index (χ3v) is 3.58. The number of imidazole rings is 1. The summed E-state index contributed by atoms with van der Waals surface area (Å²) >= 11 is 3.38. The summed E-state index contributed by atoms with van der Waals surface area (Å²) in [5, 5.41) is 3.32. The van der Waals surface area contributed by atoms with Crippen LogP contribution in [0.5, 0.6) is 0 Å². The molecule has 0 aliphatic carbocycles. The highest BCUT2D eigenvalue weighted by Crippen LogP contribution is 2.14. The monoisotopic (exact) mass is 330 g/mol. The van der Waals surface area contributed by atoms with Gasteiger partial charge >= 0.3 is 0 Å². The second kappa shape index (κ2) is 5.63. The zero-order valence-corrected chi connectivity index (χ0v) is 12.7. The number of nitrogens with zero attached hydrogens (tertiary/aromatic N) is 2.